The molecule has 2 bridgehead atoms. The Bertz CT molecular complexity index is 1680. The topological polar surface area (TPSA) is 201 Å². The molecular weight excluding hydrogens is 688 g/mol. The molecule has 8 rings (SSSR count). The number of aliphatic hydroxyl groups is 2. The lowest BCUT2D eigenvalue weighted by atomic mass is 9.37. The fraction of sp³-hybridized carbons (Fsp3) is 0.778. The van der Waals surface area contributed by atoms with E-state index in [2.05, 4.69) is 0 Å². The molecule has 5 heterocycles. The molecule has 7 fully saturated rings. The molecule has 3 aliphatic carbocycles. The van der Waals surface area contributed by atoms with Crippen LogP contribution in [0.5, 0.6) is 0 Å². The third kappa shape index (κ3) is 3.63. The Kier molecular flexibility index (Phi) is 7.58. The van der Waals surface area contributed by atoms with Gasteiger partial charge in [-0.15, -0.1) is 0 Å². The summed E-state index contributed by atoms with van der Waals surface area (Å²) in [5, 5.41) is 25.7. The average molecular weight is 735 g/mol. The van der Waals surface area contributed by atoms with Crippen LogP contribution in [0.25, 0.3) is 0 Å². The van der Waals surface area contributed by atoms with Crippen LogP contribution in [0.2, 0.25) is 0 Å². The van der Waals surface area contributed by atoms with Crippen LogP contribution in [0.3, 0.4) is 0 Å². The Morgan fingerprint density at radius 2 is 1.65 bits per heavy atom. The minimum Gasteiger partial charge on any atom is -0.469 e. The molecule has 16 nitrogen and oxygen atoms in total. The van der Waals surface area contributed by atoms with Crippen LogP contribution in [0, 0.1) is 34.0 Å². The van der Waals surface area contributed by atoms with E-state index in [0.717, 1.165) is 0 Å². The maximum atomic E-state index is 14.4. The van der Waals surface area contributed by atoms with Crippen molar-refractivity contribution in [3.63, 3.8) is 0 Å². The van der Waals surface area contributed by atoms with Crippen molar-refractivity contribution in [2.45, 2.75) is 107 Å². The first-order chi connectivity index (χ1) is 24.5. The first-order valence-electron chi connectivity index (χ1n) is 17.6. The number of fused-ring (bicyclic) bond motifs is 11. The van der Waals surface area contributed by atoms with Gasteiger partial charge in [-0.1, -0.05) is 13.0 Å². The summed E-state index contributed by atoms with van der Waals surface area (Å²) < 4.78 is 61.6. The van der Waals surface area contributed by atoms with Crippen LogP contribution in [-0.2, 0) is 66.5 Å². The Labute approximate surface area is 299 Å². The van der Waals surface area contributed by atoms with Crippen molar-refractivity contribution < 1.29 is 76.8 Å². The monoisotopic (exact) mass is 734 g/mol. The summed E-state index contributed by atoms with van der Waals surface area (Å²) in [4.78, 5) is 55.1. The van der Waals surface area contributed by atoms with Crippen molar-refractivity contribution in [2.75, 3.05) is 34.5 Å². The molecule has 0 aromatic heterocycles. The Morgan fingerprint density at radius 1 is 0.942 bits per heavy atom. The molecule has 286 valence electrons. The number of esters is 4. The summed E-state index contributed by atoms with van der Waals surface area (Å²) in [7, 11) is 3.64. The average Bonchev–Trinajstić information content (AvgIpc) is 3.89. The van der Waals surface area contributed by atoms with E-state index < -0.39 is 117 Å². The lowest BCUT2D eigenvalue weighted by Crippen LogP contribution is -2.79. The van der Waals surface area contributed by atoms with Gasteiger partial charge >= 0.3 is 23.9 Å². The van der Waals surface area contributed by atoms with Crippen molar-refractivity contribution in [3.8, 4) is 0 Å². The van der Waals surface area contributed by atoms with Gasteiger partial charge in [-0.2, -0.15) is 0 Å². The van der Waals surface area contributed by atoms with Gasteiger partial charge in [-0.05, 0) is 33.3 Å². The van der Waals surface area contributed by atoms with Crippen molar-refractivity contribution in [1.82, 2.24) is 0 Å². The van der Waals surface area contributed by atoms with Crippen LogP contribution in [0.4, 0.5) is 0 Å². The van der Waals surface area contributed by atoms with Crippen molar-refractivity contribution in [2.24, 2.45) is 34.0 Å². The number of hydrogen-bond donors (Lipinski definition) is 2. The first-order valence-corrected chi connectivity index (χ1v) is 17.6. The number of ether oxygens (including phenoxy) is 10. The molecule has 2 N–H and O–H groups in total. The second-order valence-electron chi connectivity index (χ2n) is 15.9. The smallest absolute Gasteiger partial charge is 0.366 e. The fourth-order valence-electron chi connectivity index (χ4n) is 12.5. The van der Waals surface area contributed by atoms with Crippen LogP contribution < -0.4 is 0 Å². The summed E-state index contributed by atoms with van der Waals surface area (Å²) >= 11 is 0. The fourth-order valence-corrected chi connectivity index (χ4v) is 12.5. The zero-order valence-electron chi connectivity index (χ0n) is 30.4. The zero-order chi connectivity index (χ0) is 37.6. The molecule has 8 aliphatic rings. The normalized spacial score (nSPS) is 53.1. The summed E-state index contributed by atoms with van der Waals surface area (Å²) in [6, 6.07) is 0. The van der Waals surface area contributed by atoms with E-state index in [1.165, 1.54) is 40.6 Å². The predicted molar refractivity (Wildman–Crippen MR) is 169 cm³/mol. The Morgan fingerprint density at radius 3 is 2.29 bits per heavy atom. The molecule has 0 amide bonds. The number of carbonyl (C=O) groups is 4. The molecule has 0 aromatic carbocycles. The molecule has 52 heavy (non-hydrogen) atoms. The van der Waals surface area contributed by atoms with Crippen molar-refractivity contribution in [3.05, 3.63) is 24.0 Å². The molecule has 0 radical (unpaired) electrons. The van der Waals surface area contributed by atoms with Gasteiger partial charge < -0.3 is 57.6 Å². The predicted octanol–water partition coefficient (Wildman–Crippen LogP) is 0.451. The van der Waals surface area contributed by atoms with Crippen LogP contribution in [0.15, 0.2) is 24.0 Å². The molecule has 16 atom stereocenters. The largest absolute Gasteiger partial charge is 0.469 e. The van der Waals surface area contributed by atoms with Crippen LogP contribution in [-0.4, -0.2) is 128 Å². The Hall–Kier alpha value is -3.12. The minimum absolute atomic E-state index is 0.142. The molecule has 4 saturated heterocycles. The summed E-state index contributed by atoms with van der Waals surface area (Å²) in [6.45, 7) is 7.20. The molecule has 1 spiro atoms. The highest BCUT2D eigenvalue weighted by Crippen LogP contribution is 2.81. The van der Waals surface area contributed by atoms with Gasteiger partial charge in [0.05, 0.1) is 52.0 Å². The second kappa shape index (κ2) is 11.0. The summed E-state index contributed by atoms with van der Waals surface area (Å²) in [6.07, 6.45) is -2.55. The molecule has 16 heteroatoms. The standard InChI is InChI=1S/C36H46O16/c1-9-16(2)25(38)50-19-13-20(49-17(3)37)33(27(39)43-6)14-47-22-23(33)32(19)15-48-35(45-8,28(40)44-7)26(32)30(4)24(22)52-31(5)18-12-21(36(30,31)42)51-29-34(18,41)10-11-46-29/h9-11,18-24,26,29,41-42H,12-15H2,1-8H3/b16-9+/t18-,19+,20-,21+,22-,23-,24-,26+,29+,30-,31-,32+,33+,34+,35+,36+/m1/s1. The first kappa shape index (κ1) is 35.9. The summed E-state index contributed by atoms with van der Waals surface area (Å²) in [5.41, 5.74) is -10.1. The van der Waals surface area contributed by atoms with E-state index in [-0.39, 0.29) is 31.6 Å². The van der Waals surface area contributed by atoms with E-state index in [4.69, 9.17) is 47.4 Å². The molecule has 0 unspecified atom stereocenters. The van der Waals surface area contributed by atoms with Crippen molar-refractivity contribution in [1.29, 1.82) is 0 Å². The molecule has 0 aromatic rings. The maximum Gasteiger partial charge on any atom is 0.366 e. The van der Waals surface area contributed by atoms with Crippen LogP contribution in [0.1, 0.15) is 47.5 Å². The quantitative estimate of drug-likeness (QED) is 0.216. The van der Waals surface area contributed by atoms with Gasteiger partial charge in [0.25, 0.3) is 5.79 Å². The minimum atomic E-state index is -2.28. The molecule has 3 saturated carbocycles. The maximum absolute atomic E-state index is 14.4. The third-order valence-corrected chi connectivity index (χ3v) is 14.5. The number of rotatable bonds is 6. The second-order valence-corrected chi connectivity index (χ2v) is 15.9. The molecule has 5 aliphatic heterocycles. The van der Waals surface area contributed by atoms with E-state index in [1.54, 1.807) is 33.8 Å². The van der Waals surface area contributed by atoms with E-state index in [1.807, 2.05) is 0 Å². The number of hydrogen-bond acceptors (Lipinski definition) is 16. The molecular formula is C36H46O16. The van der Waals surface area contributed by atoms with Gasteiger partial charge in [-0.25, -0.2) is 9.59 Å². The van der Waals surface area contributed by atoms with Crippen LogP contribution >= 0.6 is 0 Å². The lowest BCUT2D eigenvalue weighted by Gasteiger charge is -2.65. The zero-order valence-corrected chi connectivity index (χ0v) is 30.4. The van der Waals surface area contributed by atoms with Gasteiger partial charge in [0.1, 0.15) is 28.8 Å². The van der Waals surface area contributed by atoms with E-state index in [9.17, 15) is 29.4 Å². The number of carbonyl (C=O) groups excluding carboxylic acids is 4. The number of allylic oxidation sites excluding steroid dienone is 1. The number of methoxy groups -OCH3 is 3. The highest BCUT2D eigenvalue weighted by molar-refractivity contribution is 5.88. The third-order valence-electron chi connectivity index (χ3n) is 14.5. The highest BCUT2D eigenvalue weighted by Gasteiger charge is 2.95. The van der Waals surface area contributed by atoms with Gasteiger partial charge in [0, 0.05) is 54.6 Å². The summed E-state index contributed by atoms with van der Waals surface area (Å²) in [5.74, 6) is -8.60. The van der Waals surface area contributed by atoms with Crippen molar-refractivity contribution >= 4 is 23.9 Å². The Balaban J connectivity index is 1.44. The van der Waals surface area contributed by atoms with Gasteiger partial charge in [0.2, 0.25) is 6.29 Å². The van der Waals surface area contributed by atoms with E-state index in [0.29, 0.717) is 0 Å². The van der Waals surface area contributed by atoms with Gasteiger partial charge in [0.15, 0.2) is 5.60 Å². The van der Waals surface area contributed by atoms with Gasteiger partial charge in [-0.3, -0.25) is 9.59 Å². The SMILES string of the molecule is C/C=C(\C)C(=O)O[C@H]1C[C@@H](OC(C)=O)[C@@]2(C(=O)OC)CO[C@H]3[C@H]4O[C@]5(C)[C@H]6C[C@H](O[C@@H]7OC=C[C@@]76O)[C@]5(O)[C@@]4(C)[C@@H]4[C@@](OC)(C(=O)OC)OC[C@@]14[C@@H]32. The lowest BCUT2D eigenvalue weighted by molar-refractivity contribution is -0.318. The van der Waals surface area contributed by atoms with E-state index >= 15 is 0 Å². The highest BCUT2D eigenvalue weighted by atomic mass is 16.7.